The van der Waals surface area contributed by atoms with Gasteiger partial charge >= 0.3 is 0 Å². The van der Waals surface area contributed by atoms with E-state index in [0.717, 1.165) is 33.3 Å². The van der Waals surface area contributed by atoms with Gasteiger partial charge in [-0.2, -0.15) is 10.1 Å². The summed E-state index contributed by atoms with van der Waals surface area (Å²) in [5.74, 6) is 0.887. The summed E-state index contributed by atoms with van der Waals surface area (Å²) in [6.07, 6.45) is 3.63. The van der Waals surface area contributed by atoms with Crippen molar-refractivity contribution in [3.05, 3.63) is 65.4 Å². The Kier molecular flexibility index (Phi) is 4.32. The Morgan fingerprint density at radius 1 is 1.00 bits per heavy atom. The molecule has 0 saturated heterocycles. The Morgan fingerprint density at radius 2 is 1.80 bits per heavy atom. The van der Waals surface area contributed by atoms with Crippen LogP contribution in [-0.2, 0) is 0 Å². The fraction of sp³-hybridized carbons (Fsp3) is 0.0952. The Balaban J connectivity index is 1.48. The van der Waals surface area contributed by atoms with Crippen LogP contribution in [-0.4, -0.2) is 31.5 Å². The van der Waals surface area contributed by atoms with Crippen molar-refractivity contribution in [1.29, 1.82) is 0 Å². The monoisotopic (exact) mass is 398 g/mol. The summed E-state index contributed by atoms with van der Waals surface area (Å²) in [4.78, 5) is 12.1. The maximum absolute atomic E-state index is 4.76. The zero-order valence-electron chi connectivity index (χ0n) is 16.3. The molecule has 9 heteroatoms. The highest BCUT2D eigenvalue weighted by molar-refractivity contribution is 5.99. The van der Waals surface area contributed by atoms with Crippen LogP contribution in [0.1, 0.15) is 16.7 Å². The fourth-order valence-electron chi connectivity index (χ4n) is 3.16. The quantitative estimate of drug-likeness (QED) is 0.298. The molecular formula is C21H18N8O. The number of aryl methyl sites for hydroxylation is 2. The van der Waals surface area contributed by atoms with E-state index in [2.05, 4.69) is 47.2 Å². The molecule has 5 aromatic rings. The molecule has 0 atom stereocenters. The minimum atomic E-state index is 0.298. The van der Waals surface area contributed by atoms with Crippen LogP contribution in [0.4, 0.5) is 17.3 Å². The zero-order valence-corrected chi connectivity index (χ0v) is 16.3. The van der Waals surface area contributed by atoms with Crippen LogP contribution in [0, 0.1) is 13.8 Å². The third-order valence-corrected chi connectivity index (χ3v) is 4.76. The van der Waals surface area contributed by atoms with E-state index in [9.17, 15) is 0 Å². The molecule has 3 N–H and O–H groups in total. The van der Waals surface area contributed by atoms with Crippen LogP contribution < -0.4 is 10.7 Å². The molecule has 0 spiro atoms. The highest BCUT2D eigenvalue weighted by Crippen LogP contribution is 2.26. The smallest absolute Gasteiger partial charge is 0.245 e. The molecule has 0 aliphatic carbocycles. The van der Waals surface area contributed by atoms with Crippen molar-refractivity contribution < 1.29 is 4.63 Å². The predicted molar refractivity (Wildman–Crippen MR) is 116 cm³/mol. The summed E-state index contributed by atoms with van der Waals surface area (Å²) in [6.45, 7) is 4.05. The topological polar surface area (TPSA) is 117 Å². The number of nitrogens with one attached hydrogen (secondary N) is 3. The second-order valence-corrected chi connectivity index (χ2v) is 6.94. The first-order chi connectivity index (χ1) is 14.7. The van der Waals surface area contributed by atoms with Gasteiger partial charge in [0.05, 0.1) is 6.21 Å². The largest absolute Gasteiger partial charge is 0.361 e. The maximum atomic E-state index is 4.76. The number of aromatic nitrogens is 5. The molecule has 3 heterocycles. The fourth-order valence-corrected chi connectivity index (χ4v) is 3.16. The van der Waals surface area contributed by atoms with Crippen molar-refractivity contribution in [1.82, 2.24) is 25.3 Å². The second kappa shape index (κ2) is 7.28. The van der Waals surface area contributed by atoms with Gasteiger partial charge in [-0.1, -0.05) is 30.3 Å². The van der Waals surface area contributed by atoms with Gasteiger partial charge < -0.3 is 10.3 Å². The first-order valence-corrected chi connectivity index (χ1v) is 9.37. The van der Waals surface area contributed by atoms with E-state index in [0.29, 0.717) is 22.9 Å². The lowest BCUT2D eigenvalue weighted by atomic mass is 10.1. The van der Waals surface area contributed by atoms with E-state index in [4.69, 9.17) is 4.63 Å². The van der Waals surface area contributed by atoms with Gasteiger partial charge in [-0.05, 0) is 47.4 Å². The number of anilines is 3. The number of nitrogens with zero attached hydrogens (tertiary/aromatic N) is 5. The zero-order chi connectivity index (χ0) is 20.5. The molecular weight excluding hydrogens is 380 g/mol. The highest BCUT2D eigenvalue weighted by Gasteiger charge is 2.13. The van der Waals surface area contributed by atoms with Gasteiger partial charge in [-0.3, -0.25) is 5.43 Å². The predicted octanol–water partition coefficient (Wildman–Crippen LogP) is 4.30. The molecule has 0 saturated carbocycles. The standard InChI is InChI=1S/C21H18N8O/c1-12-7-8-13(2)17(9-12)24-18-19(26-21-20(25-18)28-30-29-21)27-23-11-14-10-22-16-6-4-3-5-15(14)16/h3-11,22H,1-2H3,(H,24,25,28)(H,26,27,29)/b23-11+. The van der Waals surface area contributed by atoms with Crippen molar-refractivity contribution in [3.63, 3.8) is 0 Å². The summed E-state index contributed by atoms with van der Waals surface area (Å²) in [5, 5.41) is 16.3. The number of fused-ring (bicyclic) bond motifs is 2. The lowest BCUT2D eigenvalue weighted by Crippen LogP contribution is -2.04. The maximum Gasteiger partial charge on any atom is 0.245 e. The van der Waals surface area contributed by atoms with Gasteiger partial charge in [0.1, 0.15) is 0 Å². The van der Waals surface area contributed by atoms with Gasteiger partial charge in [-0.15, -0.1) is 0 Å². The van der Waals surface area contributed by atoms with Gasteiger partial charge in [0.25, 0.3) is 0 Å². The number of hydrogen-bond donors (Lipinski definition) is 3. The van der Waals surface area contributed by atoms with Gasteiger partial charge in [0.2, 0.25) is 11.3 Å². The first kappa shape index (κ1) is 17.8. The van der Waals surface area contributed by atoms with Crippen LogP contribution in [0.5, 0.6) is 0 Å². The van der Waals surface area contributed by atoms with Crippen LogP contribution in [0.25, 0.3) is 22.2 Å². The Labute approximate surface area is 171 Å². The number of rotatable bonds is 5. The van der Waals surface area contributed by atoms with E-state index >= 15 is 0 Å². The SMILES string of the molecule is Cc1ccc(C)c(Nc2nc3nonc3nc2N/N=C/c2c[nH]c3ccccc23)c1. The Bertz CT molecular complexity index is 1380. The van der Waals surface area contributed by atoms with Crippen molar-refractivity contribution >= 4 is 45.7 Å². The highest BCUT2D eigenvalue weighted by atomic mass is 16.6. The molecule has 3 aromatic heterocycles. The molecule has 2 aromatic carbocycles. The van der Waals surface area contributed by atoms with Gasteiger partial charge in [0, 0.05) is 28.4 Å². The summed E-state index contributed by atoms with van der Waals surface area (Å²) in [5.41, 5.74) is 8.71. The van der Waals surface area contributed by atoms with Crippen LogP contribution in [0.15, 0.2) is 58.4 Å². The molecule has 9 nitrogen and oxygen atoms in total. The van der Waals surface area contributed by atoms with Gasteiger partial charge in [-0.25, -0.2) is 9.61 Å². The van der Waals surface area contributed by atoms with Crippen molar-refractivity contribution in [2.75, 3.05) is 10.7 Å². The number of para-hydroxylation sites is 1. The molecule has 0 radical (unpaired) electrons. The summed E-state index contributed by atoms with van der Waals surface area (Å²) in [6, 6.07) is 14.2. The van der Waals surface area contributed by atoms with Crippen molar-refractivity contribution in [3.8, 4) is 0 Å². The number of benzene rings is 2. The van der Waals surface area contributed by atoms with Gasteiger partial charge in [0.15, 0.2) is 11.6 Å². The minimum Gasteiger partial charge on any atom is -0.361 e. The summed E-state index contributed by atoms with van der Waals surface area (Å²) >= 11 is 0. The number of hydrogen-bond acceptors (Lipinski definition) is 8. The Hall–Kier alpha value is -4.27. The van der Waals surface area contributed by atoms with Crippen LogP contribution >= 0.6 is 0 Å². The van der Waals surface area contributed by atoms with E-state index in [-0.39, 0.29) is 0 Å². The Morgan fingerprint density at radius 3 is 2.67 bits per heavy atom. The summed E-state index contributed by atoms with van der Waals surface area (Å²) < 4.78 is 4.76. The molecule has 0 unspecified atom stereocenters. The first-order valence-electron chi connectivity index (χ1n) is 9.37. The number of H-pyrrole nitrogens is 1. The molecule has 0 bridgehead atoms. The van der Waals surface area contributed by atoms with E-state index in [1.54, 1.807) is 6.21 Å². The summed E-state index contributed by atoms with van der Waals surface area (Å²) in [7, 11) is 0. The normalized spacial score (nSPS) is 11.5. The number of hydrazone groups is 1. The molecule has 0 fully saturated rings. The molecule has 0 aliphatic heterocycles. The average molecular weight is 398 g/mol. The molecule has 30 heavy (non-hydrogen) atoms. The average Bonchev–Trinajstić information content (AvgIpc) is 3.37. The van der Waals surface area contributed by atoms with E-state index < -0.39 is 0 Å². The molecule has 5 rings (SSSR count). The molecule has 0 amide bonds. The molecule has 148 valence electrons. The van der Waals surface area contributed by atoms with Crippen molar-refractivity contribution in [2.24, 2.45) is 5.10 Å². The lowest BCUT2D eigenvalue weighted by molar-refractivity contribution is 0.314. The second-order valence-electron chi connectivity index (χ2n) is 6.94. The van der Waals surface area contributed by atoms with Crippen molar-refractivity contribution in [2.45, 2.75) is 13.8 Å². The third-order valence-electron chi connectivity index (χ3n) is 4.76. The molecule has 0 aliphatic rings. The van der Waals surface area contributed by atoms with Crippen LogP contribution in [0.3, 0.4) is 0 Å². The van der Waals surface area contributed by atoms with Crippen LogP contribution in [0.2, 0.25) is 0 Å². The lowest BCUT2D eigenvalue weighted by Gasteiger charge is -2.12. The van der Waals surface area contributed by atoms with E-state index in [1.165, 1.54) is 0 Å². The minimum absolute atomic E-state index is 0.298. The van der Waals surface area contributed by atoms with E-state index in [1.807, 2.05) is 56.4 Å². The number of aromatic amines is 1. The third kappa shape index (κ3) is 3.32.